The highest BCUT2D eigenvalue weighted by molar-refractivity contribution is 7.16. The molecule has 1 amide bonds. The van der Waals surface area contributed by atoms with Crippen LogP contribution >= 0.6 is 9.24 Å². The van der Waals surface area contributed by atoms with Gasteiger partial charge in [-0.2, -0.15) is 5.10 Å². The number of nitrogens with one attached hydrogen (secondary N) is 1. The molecule has 1 aliphatic heterocycles. The first-order valence-corrected chi connectivity index (χ1v) is 7.99. The van der Waals surface area contributed by atoms with Gasteiger partial charge in [-0.3, -0.25) is 5.10 Å². The number of aromatic amines is 1. The molecule has 0 saturated carbocycles. The first-order valence-electron chi connectivity index (χ1n) is 7.17. The van der Waals surface area contributed by atoms with E-state index in [1.165, 1.54) is 0 Å². The van der Waals surface area contributed by atoms with E-state index < -0.39 is 5.60 Å². The predicted molar refractivity (Wildman–Crippen MR) is 83.0 cm³/mol. The molecular formula is C14H24N3O3P. The van der Waals surface area contributed by atoms with Crippen LogP contribution in [0.4, 0.5) is 4.79 Å². The molecule has 0 spiro atoms. The first kappa shape index (κ1) is 16.2. The van der Waals surface area contributed by atoms with E-state index in [1.54, 1.807) is 4.90 Å². The third-order valence-electron chi connectivity index (χ3n) is 3.35. The van der Waals surface area contributed by atoms with Crippen molar-refractivity contribution in [2.75, 3.05) is 12.9 Å². The summed E-state index contributed by atoms with van der Waals surface area (Å²) in [6, 6.07) is 0. The van der Waals surface area contributed by atoms with E-state index in [0.29, 0.717) is 19.4 Å². The van der Waals surface area contributed by atoms with E-state index >= 15 is 0 Å². The molecule has 0 aromatic carbocycles. The number of hydrogen-bond acceptors (Lipinski definition) is 4. The van der Waals surface area contributed by atoms with Gasteiger partial charge in [0.05, 0.1) is 24.7 Å². The normalized spacial score (nSPS) is 16.5. The van der Waals surface area contributed by atoms with Gasteiger partial charge in [0.25, 0.3) is 0 Å². The van der Waals surface area contributed by atoms with Crippen molar-refractivity contribution >= 4 is 15.3 Å². The Morgan fingerprint density at radius 1 is 1.52 bits per heavy atom. The van der Waals surface area contributed by atoms with Crippen LogP contribution in [0, 0.1) is 0 Å². The van der Waals surface area contributed by atoms with Crippen LogP contribution in [-0.2, 0) is 22.4 Å². The Morgan fingerprint density at radius 2 is 2.24 bits per heavy atom. The summed E-state index contributed by atoms with van der Waals surface area (Å²) < 4.78 is 11.0. The summed E-state index contributed by atoms with van der Waals surface area (Å²) in [5.41, 5.74) is 2.54. The maximum absolute atomic E-state index is 12.2. The number of nitrogens with zero attached hydrogens (tertiary/aromatic N) is 2. The van der Waals surface area contributed by atoms with Gasteiger partial charge in [-0.05, 0) is 27.7 Å². The average Bonchev–Trinajstić information content (AvgIpc) is 2.79. The molecule has 2 rings (SSSR count). The highest BCUT2D eigenvalue weighted by Crippen LogP contribution is 2.27. The lowest BCUT2D eigenvalue weighted by Gasteiger charge is -2.30. The van der Waals surface area contributed by atoms with Crippen molar-refractivity contribution in [3.05, 3.63) is 17.0 Å². The summed E-state index contributed by atoms with van der Waals surface area (Å²) in [4.78, 5) is 13.9. The Morgan fingerprint density at radius 3 is 2.86 bits per heavy atom. The van der Waals surface area contributed by atoms with E-state index in [4.69, 9.17) is 9.47 Å². The van der Waals surface area contributed by atoms with Gasteiger partial charge in [-0.1, -0.05) is 0 Å². The minimum absolute atomic E-state index is 0.0962. The highest BCUT2D eigenvalue weighted by atomic mass is 31.0. The summed E-state index contributed by atoms with van der Waals surface area (Å²) >= 11 is 0. The van der Waals surface area contributed by atoms with E-state index in [2.05, 4.69) is 19.4 Å². The lowest BCUT2D eigenvalue weighted by molar-refractivity contribution is 0.0220. The molecule has 2 heterocycles. The number of fused-ring (bicyclic) bond motifs is 1. The molecule has 21 heavy (non-hydrogen) atoms. The molecule has 1 aliphatic rings. The first-order chi connectivity index (χ1) is 9.81. The number of aromatic nitrogens is 2. The van der Waals surface area contributed by atoms with E-state index in [9.17, 15) is 4.79 Å². The number of hydrogen-bond donors (Lipinski definition) is 1. The third-order valence-corrected chi connectivity index (χ3v) is 3.54. The molecular weight excluding hydrogens is 289 g/mol. The topological polar surface area (TPSA) is 67.5 Å². The van der Waals surface area contributed by atoms with Crippen molar-refractivity contribution in [3.8, 4) is 0 Å². The molecule has 1 N–H and O–H groups in total. The molecule has 6 nitrogen and oxygen atoms in total. The highest BCUT2D eigenvalue weighted by Gasteiger charge is 2.29. The van der Waals surface area contributed by atoms with E-state index in [0.717, 1.165) is 23.4 Å². The summed E-state index contributed by atoms with van der Waals surface area (Å²) in [7, 11) is 2.54. The van der Waals surface area contributed by atoms with Gasteiger partial charge in [0.15, 0.2) is 0 Å². The van der Waals surface area contributed by atoms with Gasteiger partial charge in [0.2, 0.25) is 0 Å². The van der Waals surface area contributed by atoms with Crippen molar-refractivity contribution in [3.63, 3.8) is 0 Å². The molecule has 0 radical (unpaired) electrons. The number of rotatable bonds is 3. The fourth-order valence-electron chi connectivity index (χ4n) is 2.36. The molecule has 2 unspecified atom stereocenters. The van der Waals surface area contributed by atoms with Crippen LogP contribution in [0.1, 0.15) is 50.8 Å². The molecule has 0 bridgehead atoms. The number of carbonyl (C=O) groups is 1. The van der Waals surface area contributed by atoms with Crippen LogP contribution in [0.5, 0.6) is 0 Å². The molecule has 1 aromatic rings. The quantitative estimate of drug-likeness (QED) is 0.871. The summed E-state index contributed by atoms with van der Waals surface area (Å²) in [6.45, 7) is 8.74. The fourth-order valence-corrected chi connectivity index (χ4v) is 2.65. The van der Waals surface area contributed by atoms with Crippen LogP contribution in [0.25, 0.3) is 0 Å². The zero-order valence-corrected chi connectivity index (χ0v) is 14.3. The Hall–Kier alpha value is -1.13. The largest absolute Gasteiger partial charge is 0.444 e. The molecule has 118 valence electrons. The zero-order valence-electron chi connectivity index (χ0n) is 13.1. The van der Waals surface area contributed by atoms with Crippen molar-refractivity contribution < 1.29 is 14.3 Å². The van der Waals surface area contributed by atoms with Crippen LogP contribution < -0.4 is 0 Å². The van der Waals surface area contributed by atoms with Crippen LogP contribution in [0.15, 0.2) is 0 Å². The summed E-state index contributed by atoms with van der Waals surface area (Å²) in [6.07, 6.45) is 0.939. The maximum Gasteiger partial charge on any atom is 0.410 e. The minimum Gasteiger partial charge on any atom is -0.444 e. The summed E-state index contributed by atoms with van der Waals surface area (Å²) in [5.74, 6) is 0. The Bertz CT molecular complexity index is 510. The third kappa shape index (κ3) is 3.95. The Balaban J connectivity index is 2.12. The number of amides is 1. The zero-order chi connectivity index (χ0) is 15.6. The van der Waals surface area contributed by atoms with Crippen molar-refractivity contribution in [1.82, 2.24) is 15.1 Å². The monoisotopic (exact) mass is 313 g/mol. The van der Waals surface area contributed by atoms with Gasteiger partial charge in [0.1, 0.15) is 5.60 Å². The molecule has 1 aromatic heterocycles. The second kappa shape index (κ2) is 6.32. The minimum atomic E-state index is -0.480. The van der Waals surface area contributed by atoms with Gasteiger partial charge in [0, 0.05) is 24.2 Å². The predicted octanol–water partition coefficient (Wildman–Crippen LogP) is 2.61. The standard InChI is InChI=1S/C14H24N3O3P/c1-9(19-8-21)12-10-7-17(6-5-11(10)15-16-12)13(18)20-14(2,3)4/h9H,5-8,21H2,1-4H3,(H,15,16). The van der Waals surface area contributed by atoms with Gasteiger partial charge < -0.3 is 14.4 Å². The lowest BCUT2D eigenvalue weighted by Crippen LogP contribution is -2.40. The fraction of sp³-hybridized carbons (Fsp3) is 0.714. The lowest BCUT2D eigenvalue weighted by atomic mass is 10.0. The Labute approximate surface area is 127 Å². The number of ether oxygens (including phenoxy) is 2. The molecule has 0 saturated heterocycles. The van der Waals surface area contributed by atoms with Crippen molar-refractivity contribution in [2.45, 2.75) is 52.4 Å². The van der Waals surface area contributed by atoms with E-state index in [-0.39, 0.29) is 12.2 Å². The molecule has 0 aliphatic carbocycles. The molecule has 7 heteroatoms. The van der Waals surface area contributed by atoms with Crippen molar-refractivity contribution in [1.29, 1.82) is 0 Å². The van der Waals surface area contributed by atoms with Gasteiger partial charge >= 0.3 is 6.09 Å². The number of carbonyl (C=O) groups excluding carboxylic acids is 1. The molecule has 2 atom stereocenters. The maximum atomic E-state index is 12.2. The second-order valence-electron chi connectivity index (χ2n) is 6.19. The van der Waals surface area contributed by atoms with Crippen molar-refractivity contribution in [2.24, 2.45) is 0 Å². The Kier molecular flexibility index (Phi) is 4.89. The number of H-pyrrole nitrogens is 1. The smallest absolute Gasteiger partial charge is 0.410 e. The second-order valence-corrected chi connectivity index (χ2v) is 6.53. The summed E-state index contributed by atoms with van der Waals surface area (Å²) in [5, 5.41) is 7.40. The molecule has 0 fully saturated rings. The van der Waals surface area contributed by atoms with Gasteiger partial charge in [-0.15, -0.1) is 9.24 Å². The van der Waals surface area contributed by atoms with E-state index in [1.807, 2.05) is 27.7 Å². The van der Waals surface area contributed by atoms with Gasteiger partial charge in [-0.25, -0.2) is 4.79 Å². The van der Waals surface area contributed by atoms with Crippen LogP contribution in [0.3, 0.4) is 0 Å². The van der Waals surface area contributed by atoms with Crippen LogP contribution in [-0.4, -0.2) is 39.7 Å². The average molecular weight is 313 g/mol. The van der Waals surface area contributed by atoms with Crippen LogP contribution in [0.2, 0.25) is 0 Å². The SMILES string of the molecule is CC(OCP)c1n[nH]c2c1CN(C(=O)OC(C)(C)C)CC2.